The maximum absolute atomic E-state index is 12.4. The summed E-state index contributed by atoms with van der Waals surface area (Å²) < 4.78 is 5.75. The van der Waals surface area contributed by atoms with Crippen LogP contribution in [0.25, 0.3) is 0 Å². The molecule has 0 aromatic carbocycles. The molecule has 0 saturated carbocycles. The summed E-state index contributed by atoms with van der Waals surface area (Å²) in [5.41, 5.74) is 0.844. The van der Waals surface area contributed by atoms with Crippen LogP contribution in [-0.2, 0) is 16.0 Å². The van der Waals surface area contributed by atoms with Gasteiger partial charge in [0, 0.05) is 17.6 Å². The maximum atomic E-state index is 12.4. The van der Waals surface area contributed by atoms with Crippen LogP contribution < -0.4 is 0 Å². The Labute approximate surface area is 127 Å². The van der Waals surface area contributed by atoms with Gasteiger partial charge >= 0.3 is 0 Å². The molecule has 3 rings (SSSR count). The van der Waals surface area contributed by atoms with Gasteiger partial charge in [-0.05, 0) is 24.4 Å². The topological polar surface area (TPSA) is 55.3 Å². The summed E-state index contributed by atoms with van der Waals surface area (Å²) in [6.45, 7) is 3.60. The van der Waals surface area contributed by atoms with Gasteiger partial charge in [0.15, 0.2) is 0 Å². The molecule has 1 saturated heterocycles. The van der Waals surface area contributed by atoms with Crippen LogP contribution >= 0.6 is 11.3 Å². The van der Waals surface area contributed by atoms with Gasteiger partial charge in [-0.2, -0.15) is 0 Å². The highest BCUT2D eigenvalue weighted by Gasteiger charge is 2.26. The molecule has 21 heavy (non-hydrogen) atoms. The van der Waals surface area contributed by atoms with Gasteiger partial charge in [-0.1, -0.05) is 6.07 Å². The monoisotopic (exact) mass is 303 g/mol. The van der Waals surface area contributed by atoms with E-state index in [2.05, 4.69) is 9.97 Å². The Bertz CT molecular complexity index is 615. The Kier molecular flexibility index (Phi) is 4.26. The number of carbonyl (C=O) groups is 1. The number of morpholine rings is 1. The lowest BCUT2D eigenvalue weighted by Gasteiger charge is -2.32. The van der Waals surface area contributed by atoms with Gasteiger partial charge in [0.1, 0.15) is 11.9 Å². The number of aryl methyl sites for hydroxylation is 1. The number of aromatic nitrogens is 2. The van der Waals surface area contributed by atoms with E-state index in [1.54, 1.807) is 17.5 Å². The first-order valence-corrected chi connectivity index (χ1v) is 7.81. The summed E-state index contributed by atoms with van der Waals surface area (Å²) >= 11 is 1.62. The Morgan fingerprint density at radius 1 is 1.52 bits per heavy atom. The van der Waals surface area contributed by atoms with Crippen molar-refractivity contribution in [3.8, 4) is 0 Å². The minimum Gasteiger partial charge on any atom is -0.368 e. The highest BCUT2D eigenvalue weighted by atomic mass is 32.1. The third-order valence-electron chi connectivity index (χ3n) is 3.45. The molecule has 110 valence electrons. The number of hydrogen-bond acceptors (Lipinski definition) is 5. The van der Waals surface area contributed by atoms with E-state index >= 15 is 0 Å². The van der Waals surface area contributed by atoms with Crippen molar-refractivity contribution in [1.82, 2.24) is 14.9 Å². The molecular weight excluding hydrogens is 286 g/mol. The number of ether oxygens (including phenoxy) is 1. The Balaban J connectivity index is 1.66. The lowest BCUT2D eigenvalue weighted by Crippen LogP contribution is -2.43. The van der Waals surface area contributed by atoms with Crippen LogP contribution in [0.5, 0.6) is 0 Å². The van der Waals surface area contributed by atoms with Crippen molar-refractivity contribution < 1.29 is 9.53 Å². The molecule has 5 nitrogen and oxygen atoms in total. The average Bonchev–Trinajstić information content (AvgIpc) is 3.00. The van der Waals surface area contributed by atoms with Crippen molar-refractivity contribution in [2.75, 3.05) is 19.7 Å². The second-order valence-electron chi connectivity index (χ2n) is 4.98. The Hall–Kier alpha value is -1.79. The van der Waals surface area contributed by atoms with Crippen molar-refractivity contribution in [3.63, 3.8) is 0 Å². The summed E-state index contributed by atoms with van der Waals surface area (Å²) in [6, 6.07) is 5.82. The number of nitrogens with zero attached hydrogens (tertiary/aromatic N) is 3. The van der Waals surface area contributed by atoms with Crippen molar-refractivity contribution >= 4 is 17.2 Å². The standard InChI is InChI=1S/C15H17N3O2S/c1-11-16-5-4-13(17-11)14-10-18(6-7-20-14)15(19)9-12-3-2-8-21-12/h2-5,8,14H,6-7,9-10H2,1H3/t14-/m0/s1. The van der Waals surface area contributed by atoms with E-state index in [-0.39, 0.29) is 12.0 Å². The SMILES string of the molecule is Cc1nccc([C@@H]2CN(C(=O)Cc3cccs3)CCO2)n1. The lowest BCUT2D eigenvalue weighted by molar-refractivity contribution is -0.138. The van der Waals surface area contributed by atoms with Crippen LogP contribution in [0.4, 0.5) is 0 Å². The number of hydrogen-bond donors (Lipinski definition) is 0. The van der Waals surface area contributed by atoms with E-state index in [1.165, 1.54) is 0 Å². The third-order valence-corrected chi connectivity index (χ3v) is 4.33. The molecule has 0 spiro atoms. The van der Waals surface area contributed by atoms with Crippen LogP contribution in [0, 0.1) is 6.92 Å². The molecule has 0 aliphatic carbocycles. The lowest BCUT2D eigenvalue weighted by atomic mass is 10.2. The minimum atomic E-state index is -0.160. The number of rotatable bonds is 3. The molecule has 6 heteroatoms. The Morgan fingerprint density at radius 3 is 3.19 bits per heavy atom. The normalized spacial score (nSPS) is 18.7. The molecule has 1 fully saturated rings. The van der Waals surface area contributed by atoms with Crippen LogP contribution in [0.3, 0.4) is 0 Å². The third kappa shape index (κ3) is 3.46. The summed E-state index contributed by atoms with van der Waals surface area (Å²) in [5, 5.41) is 1.99. The first-order chi connectivity index (χ1) is 10.2. The second kappa shape index (κ2) is 6.32. The highest BCUT2D eigenvalue weighted by molar-refractivity contribution is 7.10. The van der Waals surface area contributed by atoms with Gasteiger partial charge < -0.3 is 9.64 Å². The van der Waals surface area contributed by atoms with E-state index in [0.29, 0.717) is 26.1 Å². The van der Waals surface area contributed by atoms with Gasteiger partial charge in [-0.25, -0.2) is 9.97 Å². The maximum Gasteiger partial charge on any atom is 0.228 e. The van der Waals surface area contributed by atoms with Crippen LogP contribution in [-0.4, -0.2) is 40.5 Å². The van der Waals surface area contributed by atoms with Gasteiger partial charge in [-0.15, -0.1) is 11.3 Å². The number of amides is 1. The Morgan fingerprint density at radius 2 is 2.43 bits per heavy atom. The summed E-state index contributed by atoms with van der Waals surface area (Å²) in [4.78, 5) is 23.8. The van der Waals surface area contributed by atoms with Crippen molar-refractivity contribution in [2.24, 2.45) is 0 Å². The molecular formula is C15H17N3O2S. The van der Waals surface area contributed by atoms with E-state index in [4.69, 9.17) is 4.74 Å². The van der Waals surface area contributed by atoms with Gasteiger partial charge in [-0.3, -0.25) is 4.79 Å². The highest BCUT2D eigenvalue weighted by Crippen LogP contribution is 2.21. The fourth-order valence-corrected chi connectivity index (χ4v) is 3.08. The molecule has 0 N–H and O–H groups in total. The fourth-order valence-electron chi connectivity index (χ4n) is 2.38. The molecule has 1 atom stereocenters. The van der Waals surface area contributed by atoms with E-state index in [1.807, 2.05) is 35.4 Å². The second-order valence-corrected chi connectivity index (χ2v) is 6.02. The molecule has 3 heterocycles. The first-order valence-electron chi connectivity index (χ1n) is 6.93. The molecule has 1 amide bonds. The van der Waals surface area contributed by atoms with Gasteiger partial charge in [0.25, 0.3) is 0 Å². The van der Waals surface area contributed by atoms with Gasteiger partial charge in [0.2, 0.25) is 5.91 Å². The van der Waals surface area contributed by atoms with Crippen molar-refractivity contribution in [2.45, 2.75) is 19.4 Å². The number of carbonyl (C=O) groups excluding carboxylic acids is 1. The zero-order valence-corrected chi connectivity index (χ0v) is 12.7. The van der Waals surface area contributed by atoms with Crippen LogP contribution in [0.1, 0.15) is 22.5 Å². The zero-order valence-electron chi connectivity index (χ0n) is 11.9. The summed E-state index contributed by atoms with van der Waals surface area (Å²) in [6.07, 6.45) is 2.04. The summed E-state index contributed by atoms with van der Waals surface area (Å²) in [7, 11) is 0. The molecule has 1 aliphatic heterocycles. The van der Waals surface area contributed by atoms with E-state index in [0.717, 1.165) is 16.4 Å². The smallest absolute Gasteiger partial charge is 0.228 e. The molecule has 2 aromatic rings. The quantitative estimate of drug-likeness (QED) is 0.870. The van der Waals surface area contributed by atoms with Gasteiger partial charge in [0.05, 0.1) is 25.3 Å². The molecule has 2 aromatic heterocycles. The fraction of sp³-hybridized carbons (Fsp3) is 0.400. The molecule has 0 radical (unpaired) electrons. The van der Waals surface area contributed by atoms with Crippen LogP contribution in [0.15, 0.2) is 29.8 Å². The predicted molar refractivity (Wildman–Crippen MR) is 80.1 cm³/mol. The molecule has 1 aliphatic rings. The van der Waals surface area contributed by atoms with E-state index in [9.17, 15) is 4.79 Å². The minimum absolute atomic E-state index is 0.150. The zero-order chi connectivity index (χ0) is 14.7. The van der Waals surface area contributed by atoms with Crippen molar-refractivity contribution in [3.05, 3.63) is 46.2 Å². The van der Waals surface area contributed by atoms with Crippen LogP contribution in [0.2, 0.25) is 0 Å². The number of thiophene rings is 1. The van der Waals surface area contributed by atoms with Crippen molar-refractivity contribution in [1.29, 1.82) is 0 Å². The molecule has 0 bridgehead atoms. The predicted octanol–water partition coefficient (Wildman–Crippen LogP) is 1.99. The molecule has 0 unspecified atom stereocenters. The van der Waals surface area contributed by atoms with E-state index < -0.39 is 0 Å². The summed E-state index contributed by atoms with van der Waals surface area (Å²) in [5.74, 6) is 0.870. The first kappa shape index (κ1) is 14.2. The average molecular weight is 303 g/mol. The largest absolute Gasteiger partial charge is 0.368 e.